The Kier molecular flexibility index (Phi) is 4.74. The van der Waals surface area contributed by atoms with Crippen LogP contribution in [-0.2, 0) is 19.5 Å². The predicted molar refractivity (Wildman–Crippen MR) is 112 cm³/mol. The van der Waals surface area contributed by atoms with Gasteiger partial charge >= 0.3 is 0 Å². The first kappa shape index (κ1) is 17.4. The highest BCUT2D eigenvalue weighted by atomic mass is 79.9. The number of nitrogens with one attached hydrogen (secondary N) is 1. The Bertz CT molecular complexity index is 958. The van der Waals surface area contributed by atoms with E-state index in [1.807, 2.05) is 0 Å². The maximum atomic E-state index is 4.98. The first-order chi connectivity index (χ1) is 13.3. The smallest absolute Gasteiger partial charge is 0.131 e. The zero-order valence-electron chi connectivity index (χ0n) is 15.5. The van der Waals surface area contributed by atoms with E-state index in [0.29, 0.717) is 5.92 Å². The summed E-state index contributed by atoms with van der Waals surface area (Å²) in [7, 11) is 0. The third kappa shape index (κ3) is 3.55. The number of hydrogen-bond donors (Lipinski definition) is 1. The highest BCUT2D eigenvalue weighted by molar-refractivity contribution is 9.10. The lowest BCUT2D eigenvalue weighted by Crippen LogP contribution is -2.31. The van der Waals surface area contributed by atoms with Crippen molar-refractivity contribution in [3.8, 4) is 0 Å². The topological polar surface area (TPSA) is 44.8 Å². The fourth-order valence-corrected chi connectivity index (χ4v) is 4.97. The van der Waals surface area contributed by atoms with Gasteiger partial charge in [0, 0.05) is 71.0 Å². The summed E-state index contributed by atoms with van der Waals surface area (Å²) >= 11 is 3.55. The quantitative estimate of drug-likeness (QED) is 0.617. The molecule has 0 amide bonds. The number of fused-ring (bicyclic) bond motifs is 2. The van der Waals surface area contributed by atoms with Gasteiger partial charge in [0.15, 0.2) is 0 Å². The Balaban J connectivity index is 1.32. The molecule has 0 radical (unpaired) electrons. The minimum absolute atomic E-state index is 0.590. The summed E-state index contributed by atoms with van der Waals surface area (Å²) in [5.74, 6) is 1.69. The second kappa shape index (κ2) is 7.36. The van der Waals surface area contributed by atoms with Crippen molar-refractivity contribution < 1.29 is 0 Å². The first-order valence-electron chi connectivity index (χ1n) is 10.1. The van der Waals surface area contributed by atoms with Crippen molar-refractivity contribution in [1.29, 1.82) is 0 Å². The number of hydrogen-bond acceptors (Lipinski definition) is 3. The van der Waals surface area contributed by atoms with Crippen molar-refractivity contribution in [2.24, 2.45) is 0 Å². The number of benzene rings is 1. The normalized spacial score (nSPS) is 18.7. The molecular formula is C22H25BrN4. The maximum Gasteiger partial charge on any atom is 0.131 e. The number of aromatic nitrogens is 3. The number of halogens is 1. The molecule has 2 aliphatic rings. The van der Waals surface area contributed by atoms with Crippen LogP contribution in [0.2, 0.25) is 0 Å². The van der Waals surface area contributed by atoms with E-state index in [-0.39, 0.29) is 0 Å². The van der Waals surface area contributed by atoms with Crippen molar-refractivity contribution in [1.82, 2.24) is 19.9 Å². The van der Waals surface area contributed by atoms with Crippen LogP contribution in [0.25, 0.3) is 10.9 Å². The van der Waals surface area contributed by atoms with Gasteiger partial charge in [0.2, 0.25) is 0 Å². The number of H-pyrrole nitrogens is 1. The lowest BCUT2D eigenvalue weighted by atomic mass is 9.88. The summed E-state index contributed by atoms with van der Waals surface area (Å²) in [5, 5.41) is 1.31. The molecular weight excluding hydrogens is 400 g/mol. The highest BCUT2D eigenvalue weighted by Crippen LogP contribution is 2.31. The van der Waals surface area contributed by atoms with Gasteiger partial charge in [0.25, 0.3) is 0 Å². The van der Waals surface area contributed by atoms with E-state index in [0.717, 1.165) is 36.4 Å². The highest BCUT2D eigenvalue weighted by Gasteiger charge is 2.23. The molecule has 140 valence electrons. The molecule has 27 heavy (non-hydrogen) atoms. The minimum Gasteiger partial charge on any atom is -0.361 e. The summed E-state index contributed by atoms with van der Waals surface area (Å²) in [6.45, 7) is 2.98. The summed E-state index contributed by atoms with van der Waals surface area (Å²) in [4.78, 5) is 15.6. The van der Waals surface area contributed by atoms with Crippen LogP contribution in [-0.4, -0.2) is 26.4 Å². The van der Waals surface area contributed by atoms with E-state index in [2.05, 4.69) is 56.4 Å². The third-order valence-electron chi connectivity index (χ3n) is 6.13. The van der Waals surface area contributed by atoms with E-state index < -0.39 is 0 Å². The van der Waals surface area contributed by atoms with Crippen molar-refractivity contribution in [3.63, 3.8) is 0 Å². The Labute approximate surface area is 168 Å². The molecule has 1 aliphatic heterocycles. The van der Waals surface area contributed by atoms with Crippen LogP contribution >= 0.6 is 15.9 Å². The lowest BCUT2D eigenvalue weighted by Gasteiger charge is -2.29. The van der Waals surface area contributed by atoms with Gasteiger partial charge in [-0.1, -0.05) is 41.3 Å². The van der Waals surface area contributed by atoms with Crippen LogP contribution in [0.3, 0.4) is 0 Å². The second-order valence-electron chi connectivity index (χ2n) is 8.00. The van der Waals surface area contributed by atoms with Crippen LogP contribution in [0.15, 0.2) is 35.1 Å². The molecule has 1 saturated carbocycles. The van der Waals surface area contributed by atoms with Crippen LogP contribution in [0.1, 0.15) is 60.7 Å². The zero-order chi connectivity index (χ0) is 18.2. The first-order valence-corrected chi connectivity index (χ1v) is 10.9. The van der Waals surface area contributed by atoms with Gasteiger partial charge in [-0.2, -0.15) is 0 Å². The molecule has 1 aliphatic carbocycles. The summed E-state index contributed by atoms with van der Waals surface area (Å²) < 4.78 is 1.11. The molecule has 4 nitrogen and oxygen atoms in total. The summed E-state index contributed by atoms with van der Waals surface area (Å²) in [6.07, 6.45) is 11.9. The molecule has 3 aromatic rings. The molecule has 0 unspecified atom stereocenters. The van der Waals surface area contributed by atoms with Gasteiger partial charge in [-0.3, -0.25) is 4.90 Å². The van der Waals surface area contributed by atoms with Crippen molar-refractivity contribution in [3.05, 3.63) is 57.7 Å². The van der Waals surface area contributed by atoms with Gasteiger partial charge in [0.1, 0.15) is 5.82 Å². The van der Waals surface area contributed by atoms with E-state index in [1.165, 1.54) is 59.8 Å². The van der Waals surface area contributed by atoms with Crippen LogP contribution in [0.5, 0.6) is 0 Å². The molecule has 0 atom stereocenters. The maximum absolute atomic E-state index is 4.98. The Morgan fingerprint density at radius 1 is 1.19 bits per heavy atom. The van der Waals surface area contributed by atoms with Gasteiger partial charge in [-0.05, 0) is 30.5 Å². The van der Waals surface area contributed by atoms with E-state index in [4.69, 9.17) is 9.97 Å². The molecule has 5 heteroatoms. The van der Waals surface area contributed by atoms with Crippen LogP contribution in [0, 0.1) is 0 Å². The molecule has 0 spiro atoms. The lowest BCUT2D eigenvalue weighted by molar-refractivity contribution is 0.243. The fraction of sp³-hybridized carbons (Fsp3) is 0.455. The Morgan fingerprint density at radius 3 is 2.96 bits per heavy atom. The molecule has 1 N–H and O–H groups in total. The van der Waals surface area contributed by atoms with E-state index in [1.54, 1.807) is 0 Å². The zero-order valence-corrected chi connectivity index (χ0v) is 17.1. The van der Waals surface area contributed by atoms with E-state index >= 15 is 0 Å². The monoisotopic (exact) mass is 424 g/mol. The molecule has 3 heterocycles. The molecule has 0 bridgehead atoms. The number of aromatic amines is 1. The van der Waals surface area contributed by atoms with Crippen molar-refractivity contribution in [2.45, 2.75) is 57.5 Å². The van der Waals surface area contributed by atoms with Crippen LogP contribution < -0.4 is 0 Å². The summed E-state index contributed by atoms with van der Waals surface area (Å²) in [5.41, 5.74) is 5.14. The number of nitrogens with zero attached hydrogens (tertiary/aromatic N) is 3. The molecule has 1 fully saturated rings. The predicted octanol–water partition coefficient (Wildman–Crippen LogP) is 5.33. The van der Waals surface area contributed by atoms with Crippen molar-refractivity contribution >= 4 is 26.8 Å². The van der Waals surface area contributed by atoms with Gasteiger partial charge < -0.3 is 4.98 Å². The standard InChI is InChI=1S/C22H25BrN4/c23-18-6-7-19-16(11-24-21(19)10-18)13-27-9-8-20-17(14-27)12-25-22(26-20)15-4-2-1-3-5-15/h6-7,10-12,15,24H,1-5,8-9,13-14H2. The average molecular weight is 425 g/mol. The van der Waals surface area contributed by atoms with Crippen LogP contribution in [0.4, 0.5) is 0 Å². The second-order valence-corrected chi connectivity index (χ2v) is 8.92. The molecule has 5 rings (SSSR count). The molecule has 0 saturated heterocycles. The largest absolute Gasteiger partial charge is 0.361 e. The minimum atomic E-state index is 0.590. The van der Waals surface area contributed by atoms with Gasteiger partial charge in [-0.25, -0.2) is 9.97 Å². The SMILES string of the molecule is Brc1ccc2c(CN3CCc4nc(C5CCCCC5)ncc4C3)c[nH]c2c1. The fourth-order valence-electron chi connectivity index (χ4n) is 4.61. The molecule has 2 aromatic heterocycles. The Morgan fingerprint density at radius 2 is 2.07 bits per heavy atom. The Hall–Kier alpha value is -1.72. The van der Waals surface area contributed by atoms with Crippen molar-refractivity contribution in [2.75, 3.05) is 6.54 Å². The van der Waals surface area contributed by atoms with E-state index in [9.17, 15) is 0 Å². The number of rotatable bonds is 3. The summed E-state index contributed by atoms with van der Waals surface area (Å²) in [6, 6.07) is 6.46. The molecule has 1 aromatic carbocycles. The average Bonchev–Trinajstić information content (AvgIpc) is 3.10. The van der Waals surface area contributed by atoms with Gasteiger partial charge in [0.05, 0.1) is 0 Å². The van der Waals surface area contributed by atoms with Gasteiger partial charge in [-0.15, -0.1) is 0 Å². The third-order valence-corrected chi connectivity index (χ3v) is 6.62.